The Bertz CT molecular complexity index is 426. The number of ketones is 1. The van der Waals surface area contributed by atoms with E-state index in [-0.39, 0.29) is 11.7 Å². The van der Waals surface area contributed by atoms with Crippen molar-refractivity contribution >= 4 is 27.7 Å². The standard InChI is InChI=1S/C13H15BrO3/c1-8(2)11(13(16)17-3)12(15)9-5-4-6-10(14)7-9/h4-8,11H,1-3H3. The summed E-state index contributed by atoms with van der Waals surface area (Å²) in [4.78, 5) is 23.8. The molecule has 0 saturated carbocycles. The lowest BCUT2D eigenvalue weighted by Crippen LogP contribution is -2.30. The number of esters is 1. The minimum atomic E-state index is -0.741. The zero-order valence-electron chi connectivity index (χ0n) is 10.1. The van der Waals surface area contributed by atoms with E-state index < -0.39 is 11.9 Å². The van der Waals surface area contributed by atoms with Crippen molar-refractivity contribution in [2.24, 2.45) is 11.8 Å². The van der Waals surface area contributed by atoms with Gasteiger partial charge in [0.15, 0.2) is 5.78 Å². The number of ether oxygens (including phenoxy) is 1. The van der Waals surface area contributed by atoms with E-state index in [9.17, 15) is 9.59 Å². The van der Waals surface area contributed by atoms with Crippen LogP contribution in [-0.4, -0.2) is 18.9 Å². The molecule has 0 amide bonds. The van der Waals surface area contributed by atoms with Gasteiger partial charge in [-0.05, 0) is 18.1 Å². The Balaban J connectivity index is 3.04. The van der Waals surface area contributed by atoms with Crippen LogP contribution in [0.15, 0.2) is 28.7 Å². The molecule has 1 rings (SSSR count). The van der Waals surface area contributed by atoms with Crippen molar-refractivity contribution < 1.29 is 14.3 Å². The summed E-state index contributed by atoms with van der Waals surface area (Å²) in [5.74, 6) is -1.51. The SMILES string of the molecule is COC(=O)C(C(=O)c1cccc(Br)c1)C(C)C. The Morgan fingerprint density at radius 3 is 2.41 bits per heavy atom. The molecule has 1 aromatic carbocycles. The lowest BCUT2D eigenvalue weighted by molar-refractivity contribution is -0.144. The van der Waals surface area contributed by atoms with Gasteiger partial charge >= 0.3 is 5.97 Å². The molecule has 4 heteroatoms. The number of halogens is 1. The van der Waals surface area contributed by atoms with E-state index in [2.05, 4.69) is 20.7 Å². The molecule has 0 heterocycles. The van der Waals surface area contributed by atoms with E-state index >= 15 is 0 Å². The quantitative estimate of drug-likeness (QED) is 0.487. The molecule has 0 fully saturated rings. The Hall–Kier alpha value is -1.16. The molecule has 0 bridgehead atoms. The van der Waals surface area contributed by atoms with Crippen molar-refractivity contribution in [3.63, 3.8) is 0 Å². The summed E-state index contributed by atoms with van der Waals surface area (Å²) in [6.45, 7) is 3.66. The molecule has 1 atom stereocenters. The molecule has 0 radical (unpaired) electrons. The second-order valence-electron chi connectivity index (χ2n) is 4.12. The van der Waals surface area contributed by atoms with Crippen LogP contribution in [0.4, 0.5) is 0 Å². The first-order valence-corrected chi connectivity index (χ1v) is 6.14. The average Bonchev–Trinajstić information content (AvgIpc) is 2.28. The summed E-state index contributed by atoms with van der Waals surface area (Å²) in [5, 5.41) is 0. The molecule has 17 heavy (non-hydrogen) atoms. The van der Waals surface area contributed by atoms with Crippen molar-refractivity contribution in [2.75, 3.05) is 7.11 Å². The number of hydrogen-bond acceptors (Lipinski definition) is 3. The molecule has 0 aliphatic rings. The van der Waals surface area contributed by atoms with E-state index in [0.717, 1.165) is 4.47 Å². The van der Waals surface area contributed by atoms with Crippen LogP contribution in [0.1, 0.15) is 24.2 Å². The summed E-state index contributed by atoms with van der Waals surface area (Å²) in [7, 11) is 1.30. The topological polar surface area (TPSA) is 43.4 Å². The normalized spacial score (nSPS) is 12.3. The van der Waals surface area contributed by atoms with Crippen LogP contribution >= 0.6 is 15.9 Å². The van der Waals surface area contributed by atoms with Gasteiger partial charge in [0.25, 0.3) is 0 Å². The van der Waals surface area contributed by atoms with Gasteiger partial charge in [0.05, 0.1) is 7.11 Å². The summed E-state index contributed by atoms with van der Waals surface area (Å²) >= 11 is 3.30. The largest absolute Gasteiger partial charge is 0.468 e. The molecule has 0 aromatic heterocycles. The Labute approximate surface area is 109 Å². The minimum absolute atomic E-state index is 0.0890. The number of carbonyl (C=O) groups is 2. The number of carbonyl (C=O) groups excluding carboxylic acids is 2. The van der Waals surface area contributed by atoms with Gasteiger partial charge < -0.3 is 4.74 Å². The Kier molecular flexibility index (Phi) is 4.87. The monoisotopic (exact) mass is 298 g/mol. The predicted octanol–water partition coefficient (Wildman–Crippen LogP) is 3.08. The van der Waals surface area contributed by atoms with Crippen molar-refractivity contribution in [1.82, 2.24) is 0 Å². The second-order valence-corrected chi connectivity index (χ2v) is 5.04. The number of benzene rings is 1. The molecule has 0 spiro atoms. The molecule has 0 saturated heterocycles. The third-order valence-corrected chi connectivity index (χ3v) is 3.01. The van der Waals surface area contributed by atoms with Gasteiger partial charge in [-0.3, -0.25) is 9.59 Å². The van der Waals surface area contributed by atoms with E-state index in [1.807, 2.05) is 19.9 Å². The summed E-state index contributed by atoms with van der Waals surface area (Å²) in [5.41, 5.74) is 0.517. The first kappa shape index (κ1) is 13.9. The summed E-state index contributed by atoms with van der Waals surface area (Å²) in [6, 6.07) is 7.01. The molecule has 92 valence electrons. The van der Waals surface area contributed by atoms with Gasteiger partial charge in [-0.15, -0.1) is 0 Å². The van der Waals surface area contributed by atoms with Crippen LogP contribution in [0, 0.1) is 11.8 Å². The number of rotatable bonds is 4. The van der Waals surface area contributed by atoms with Crippen molar-refractivity contribution in [2.45, 2.75) is 13.8 Å². The van der Waals surface area contributed by atoms with Crippen molar-refractivity contribution in [3.05, 3.63) is 34.3 Å². The number of methoxy groups -OCH3 is 1. The minimum Gasteiger partial charge on any atom is -0.468 e. The fourth-order valence-electron chi connectivity index (χ4n) is 1.63. The average molecular weight is 299 g/mol. The van der Waals surface area contributed by atoms with Gasteiger partial charge in [0.2, 0.25) is 0 Å². The van der Waals surface area contributed by atoms with Crippen LogP contribution in [0.5, 0.6) is 0 Å². The molecule has 3 nitrogen and oxygen atoms in total. The smallest absolute Gasteiger partial charge is 0.316 e. The highest BCUT2D eigenvalue weighted by Crippen LogP contribution is 2.21. The maximum atomic E-state index is 12.2. The molecular formula is C13H15BrO3. The fraction of sp³-hybridized carbons (Fsp3) is 0.385. The third-order valence-electron chi connectivity index (χ3n) is 2.51. The van der Waals surface area contributed by atoms with Crippen molar-refractivity contribution in [1.29, 1.82) is 0 Å². The van der Waals surface area contributed by atoms with Crippen molar-refractivity contribution in [3.8, 4) is 0 Å². The van der Waals surface area contributed by atoms with Gasteiger partial charge in [-0.1, -0.05) is 41.9 Å². The molecule has 1 aromatic rings. The molecular weight excluding hydrogens is 284 g/mol. The first-order chi connectivity index (χ1) is 7.97. The molecule has 0 aliphatic carbocycles. The highest BCUT2D eigenvalue weighted by Gasteiger charge is 2.31. The van der Waals surface area contributed by atoms with Crippen LogP contribution in [0.3, 0.4) is 0 Å². The number of hydrogen-bond donors (Lipinski definition) is 0. The van der Waals surface area contributed by atoms with Gasteiger partial charge in [0, 0.05) is 10.0 Å². The van der Waals surface area contributed by atoms with Gasteiger partial charge in [0.1, 0.15) is 5.92 Å². The summed E-state index contributed by atoms with van der Waals surface area (Å²) < 4.78 is 5.49. The Morgan fingerprint density at radius 1 is 1.29 bits per heavy atom. The lowest BCUT2D eigenvalue weighted by atomic mass is 9.88. The highest BCUT2D eigenvalue weighted by molar-refractivity contribution is 9.10. The maximum absolute atomic E-state index is 12.2. The van der Waals surface area contributed by atoms with E-state index in [0.29, 0.717) is 5.56 Å². The fourth-order valence-corrected chi connectivity index (χ4v) is 2.03. The zero-order valence-corrected chi connectivity index (χ0v) is 11.7. The van der Waals surface area contributed by atoms with Crippen LogP contribution in [0.2, 0.25) is 0 Å². The van der Waals surface area contributed by atoms with Gasteiger partial charge in [-0.2, -0.15) is 0 Å². The van der Waals surface area contributed by atoms with Gasteiger partial charge in [-0.25, -0.2) is 0 Å². The van der Waals surface area contributed by atoms with E-state index in [1.165, 1.54) is 7.11 Å². The Morgan fingerprint density at radius 2 is 1.94 bits per heavy atom. The van der Waals surface area contributed by atoms with E-state index in [4.69, 9.17) is 0 Å². The third kappa shape index (κ3) is 3.40. The first-order valence-electron chi connectivity index (χ1n) is 5.35. The molecule has 0 N–H and O–H groups in total. The molecule has 0 aliphatic heterocycles. The number of Topliss-reactive ketones (excluding diaryl/α,β-unsaturated/α-hetero) is 1. The zero-order chi connectivity index (χ0) is 13.0. The predicted molar refractivity (Wildman–Crippen MR) is 68.8 cm³/mol. The summed E-state index contributed by atoms with van der Waals surface area (Å²) in [6.07, 6.45) is 0. The highest BCUT2D eigenvalue weighted by atomic mass is 79.9. The van der Waals surface area contributed by atoms with Crippen LogP contribution < -0.4 is 0 Å². The maximum Gasteiger partial charge on any atom is 0.316 e. The lowest BCUT2D eigenvalue weighted by Gasteiger charge is -2.17. The van der Waals surface area contributed by atoms with Crippen LogP contribution in [0.25, 0.3) is 0 Å². The van der Waals surface area contributed by atoms with E-state index in [1.54, 1.807) is 18.2 Å². The molecule has 1 unspecified atom stereocenters. The van der Waals surface area contributed by atoms with Crippen LogP contribution in [-0.2, 0) is 9.53 Å². The second kappa shape index (κ2) is 5.96.